The van der Waals surface area contributed by atoms with Crippen LogP contribution in [0.4, 0.5) is 11.4 Å². The lowest BCUT2D eigenvalue weighted by atomic mass is 10.1. The minimum Gasteiger partial charge on any atom is -0.496 e. The molecule has 9 heteroatoms. The highest BCUT2D eigenvalue weighted by Gasteiger charge is 2.25. The van der Waals surface area contributed by atoms with Gasteiger partial charge < -0.3 is 20.7 Å². The molecule has 0 saturated carbocycles. The number of benzene rings is 1. The van der Waals surface area contributed by atoms with Crippen molar-refractivity contribution in [1.29, 1.82) is 0 Å². The molecule has 1 aliphatic heterocycles. The van der Waals surface area contributed by atoms with E-state index < -0.39 is 16.7 Å². The number of ether oxygens (including phenoxy) is 1. The molecular weight excluding hydrogens is 412 g/mol. The molecule has 4 rings (SSSR count). The van der Waals surface area contributed by atoms with Gasteiger partial charge in [-0.3, -0.25) is 19.7 Å². The molecular formula is C23H28N4O5. The number of nitrogens with zero attached hydrogens (tertiary/aromatic N) is 1. The molecule has 0 spiro atoms. The van der Waals surface area contributed by atoms with Crippen molar-refractivity contribution in [2.75, 3.05) is 25.5 Å². The Morgan fingerprint density at radius 1 is 1.16 bits per heavy atom. The van der Waals surface area contributed by atoms with Gasteiger partial charge in [-0.2, -0.15) is 0 Å². The first kappa shape index (κ1) is 23.2. The SMILES string of the molecule is CC1C2=CC=C1C=C2.COc1cc(NC(C)=O)c([N+](=O)[O-])cc1C(=O)NC1CCNCC1. The van der Waals surface area contributed by atoms with Crippen LogP contribution in [0.3, 0.4) is 0 Å². The fourth-order valence-electron chi connectivity index (χ4n) is 3.85. The molecule has 0 aromatic heterocycles. The predicted octanol–water partition coefficient (Wildman–Crippen LogP) is 3.10. The highest BCUT2D eigenvalue weighted by Crippen LogP contribution is 2.34. The predicted molar refractivity (Wildman–Crippen MR) is 122 cm³/mol. The van der Waals surface area contributed by atoms with Gasteiger partial charge in [0.15, 0.2) is 0 Å². The zero-order valence-corrected chi connectivity index (χ0v) is 18.4. The Kier molecular flexibility index (Phi) is 7.42. The Morgan fingerprint density at radius 2 is 1.78 bits per heavy atom. The Balaban J connectivity index is 0.000000297. The van der Waals surface area contributed by atoms with E-state index in [0.717, 1.165) is 32.0 Å². The van der Waals surface area contributed by atoms with Crippen molar-refractivity contribution in [1.82, 2.24) is 10.6 Å². The van der Waals surface area contributed by atoms with Crippen molar-refractivity contribution in [3.8, 4) is 5.75 Å². The quantitative estimate of drug-likeness (QED) is 0.478. The summed E-state index contributed by atoms with van der Waals surface area (Å²) < 4.78 is 5.17. The van der Waals surface area contributed by atoms with E-state index in [4.69, 9.17) is 4.74 Å². The second-order valence-electron chi connectivity index (χ2n) is 7.89. The van der Waals surface area contributed by atoms with E-state index in [0.29, 0.717) is 5.92 Å². The molecule has 3 N–H and O–H groups in total. The molecule has 0 radical (unpaired) electrons. The number of carbonyl (C=O) groups is 2. The maximum absolute atomic E-state index is 12.5. The minimum atomic E-state index is -0.647. The van der Waals surface area contributed by atoms with E-state index in [1.807, 2.05) is 0 Å². The first-order valence-corrected chi connectivity index (χ1v) is 10.6. The summed E-state index contributed by atoms with van der Waals surface area (Å²) in [7, 11) is 1.36. The first-order valence-electron chi connectivity index (χ1n) is 10.6. The van der Waals surface area contributed by atoms with E-state index >= 15 is 0 Å². The minimum absolute atomic E-state index is 0.0113. The third kappa shape index (κ3) is 5.42. The topological polar surface area (TPSA) is 123 Å². The Labute approximate surface area is 186 Å². The number of nitro groups is 1. The van der Waals surface area contributed by atoms with Crippen molar-refractivity contribution in [2.24, 2.45) is 5.92 Å². The van der Waals surface area contributed by atoms with Crippen molar-refractivity contribution in [3.63, 3.8) is 0 Å². The van der Waals surface area contributed by atoms with Crippen LogP contribution in [-0.2, 0) is 4.79 Å². The van der Waals surface area contributed by atoms with Gasteiger partial charge in [-0.05, 0) is 37.1 Å². The molecule has 1 saturated heterocycles. The van der Waals surface area contributed by atoms with Gasteiger partial charge in [-0.25, -0.2) is 0 Å². The number of allylic oxidation sites excluding steroid dienone is 6. The number of nitro benzene ring substituents is 1. The number of methoxy groups -OCH3 is 1. The largest absolute Gasteiger partial charge is 0.496 e. The number of nitrogens with one attached hydrogen (secondary N) is 3. The standard InChI is InChI=1S/C15H20N4O5.C8H8/c1-9(20)17-12-8-14(24-2)11(7-13(12)19(22)23)15(21)18-10-3-5-16-6-4-10;1-6-7-2-3-8(6)5-4-7/h7-8,10,16H,3-6H2,1-2H3,(H,17,20)(H,18,21);2-6H,1H3. The molecule has 1 fully saturated rings. The van der Waals surface area contributed by atoms with Gasteiger partial charge in [-0.15, -0.1) is 0 Å². The van der Waals surface area contributed by atoms with Gasteiger partial charge in [0, 0.05) is 31.0 Å². The monoisotopic (exact) mass is 440 g/mol. The van der Waals surface area contributed by atoms with Gasteiger partial charge in [0.05, 0.1) is 17.6 Å². The van der Waals surface area contributed by atoms with Crippen LogP contribution in [0.25, 0.3) is 0 Å². The maximum Gasteiger partial charge on any atom is 0.293 e. The Hall–Kier alpha value is -3.46. The van der Waals surface area contributed by atoms with Crippen LogP contribution in [0.15, 0.2) is 47.6 Å². The fourth-order valence-corrected chi connectivity index (χ4v) is 3.85. The van der Waals surface area contributed by atoms with Crippen molar-refractivity contribution in [2.45, 2.75) is 32.7 Å². The lowest BCUT2D eigenvalue weighted by Crippen LogP contribution is -2.42. The van der Waals surface area contributed by atoms with Crippen LogP contribution in [0, 0.1) is 16.0 Å². The number of rotatable bonds is 5. The summed E-state index contributed by atoms with van der Waals surface area (Å²) in [6.07, 6.45) is 10.4. The summed E-state index contributed by atoms with van der Waals surface area (Å²) in [5.74, 6) is -0.0194. The van der Waals surface area contributed by atoms with E-state index in [-0.39, 0.29) is 28.7 Å². The molecule has 1 aromatic rings. The van der Waals surface area contributed by atoms with Gasteiger partial charge in [-0.1, -0.05) is 31.2 Å². The van der Waals surface area contributed by atoms with E-state index in [9.17, 15) is 19.7 Å². The zero-order valence-electron chi connectivity index (χ0n) is 18.4. The summed E-state index contributed by atoms with van der Waals surface area (Å²) in [5.41, 5.74) is 2.64. The van der Waals surface area contributed by atoms with Crippen LogP contribution in [0.5, 0.6) is 5.75 Å². The van der Waals surface area contributed by atoms with Crippen LogP contribution in [0.2, 0.25) is 0 Å². The summed E-state index contributed by atoms with van der Waals surface area (Å²) in [5, 5.41) is 19.7. The molecule has 3 aliphatic rings. The average molecular weight is 441 g/mol. The summed E-state index contributed by atoms with van der Waals surface area (Å²) in [6, 6.07) is 2.43. The number of hydrogen-bond acceptors (Lipinski definition) is 6. The van der Waals surface area contributed by atoms with Crippen molar-refractivity contribution in [3.05, 3.63) is 63.3 Å². The normalized spacial score (nSPS) is 17.1. The third-order valence-corrected chi connectivity index (χ3v) is 5.68. The molecule has 170 valence electrons. The van der Waals surface area contributed by atoms with E-state index in [2.05, 4.69) is 47.2 Å². The number of hydrogen-bond donors (Lipinski definition) is 3. The average Bonchev–Trinajstić information content (AvgIpc) is 3.30. The molecule has 32 heavy (non-hydrogen) atoms. The second kappa shape index (κ2) is 10.2. The molecule has 2 aliphatic carbocycles. The zero-order chi connectivity index (χ0) is 23.3. The van der Waals surface area contributed by atoms with Crippen molar-refractivity contribution < 1.29 is 19.2 Å². The smallest absolute Gasteiger partial charge is 0.293 e. The molecule has 2 bridgehead atoms. The maximum atomic E-state index is 12.5. The molecule has 1 heterocycles. The van der Waals surface area contributed by atoms with Crippen LogP contribution in [0.1, 0.15) is 37.0 Å². The van der Waals surface area contributed by atoms with Crippen LogP contribution in [-0.4, -0.2) is 43.0 Å². The highest BCUT2D eigenvalue weighted by molar-refractivity contribution is 6.00. The number of amides is 2. The van der Waals surface area contributed by atoms with Gasteiger partial charge in [0.25, 0.3) is 11.6 Å². The van der Waals surface area contributed by atoms with Gasteiger partial charge in [0.1, 0.15) is 11.4 Å². The summed E-state index contributed by atoms with van der Waals surface area (Å²) in [4.78, 5) is 34.3. The molecule has 0 unspecified atom stereocenters. The second-order valence-corrected chi connectivity index (χ2v) is 7.89. The van der Waals surface area contributed by atoms with Gasteiger partial charge >= 0.3 is 0 Å². The molecule has 1 aromatic carbocycles. The first-order chi connectivity index (χ1) is 15.3. The Morgan fingerprint density at radius 3 is 2.22 bits per heavy atom. The van der Waals surface area contributed by atoms with Crippen LogP contribution >= 0.6 is 0 Å². The Bertz CT molecular complexity index is 984. The number of carbonyl (C=O) groups excluding carboxylic acids is 2. The highest BCUT2D eigenvalue weighted by atomic mass is 16.6. The van der Waals surface area contributed by atoms with E-state index in [1.165, 1.54) is 31.2 Å². The summed E-state index contributed by atoms with van der Waals surface area (Å²) in [6.45, 7) is 5.10. The molecule has 9 nitrogen and oxygen atoms in total. The van der Waals surface area contributed by atoms with Gasteiger partial charge in [0.2, 0.25) is 5.91 Å². The molecule has 2 amide bonds. The van der Waals surface area contributed by atoms with Crippen LogP contribution < -0.4 is 20.7 Å². The van der Waals surface area contributed by atoms with E-state index in [1.54, 1.807) is 0 Å². The summed E-state index contributed by atoms with van der Waals surface area (Å²) >= 11 is 0. The number of fused-ring (bicyclic) bond motifs is 2. The van der Waals surface area contributed by atoms with Crippen molar-refractivity contribution >= 4 is 23.2 Å². The number of anilines is 1. The fraction of sp³-hybridized carbons (Fsp3) is 0.391. The third-order valence-electron chi connectivity index (χ3n) is 5.68. The lowest BCUT2D eigenvalue weighted by molar-refractivity contribution is -0.384. The lowest BCUT2D eigenvalue weighted by Gasteiger charge is -2.24. The molecule has 0 atom stereocenters. The number of piperidine rings is 1.